The normalized spacial score (nSPS) is 15.5. The minimum absolute atomic E-state index is 0. The Morgan fingerprint density at radius 3 is 2.59 bits per heavy atom. The molecule has 5 heteroatoms. The molecule has 0 radical (unpaired) electrons. The van der Waals surface area contributed by atoms with Crippen molar-refractivity contribution in [3.8, 4) is 0 Å². The van der Waals surface area contributed by atoms with Crippen molar-refractivity contribution in [2.75, 3.05) is 33.4 Å². The zero-order valence-corrected chi connectivity index (χ0v) is 14.1. The van der Waals surface area contributed by atoms with Crippen LogP contribution in [0.4, 0.5) is 0 Å². The molecule has 124 valence electrons. The van der Waals surface area contributed by atoms with Crippen LogP contribution in [0.1, 0.15) is 24.8 Å². The molecule has 22 heavy (non-hydrogen) atoms. The quantitative estimate of drug-likeness (QED) is 0.684. The largest absolute Gasteiger partial charge is 0.383 e. The van der Waals surface area contributed by atoms with Crippen LogP contribution in [-0.4, -0.2) is 39.3 Å². The van der Waals surface area contributed by atoms with Gasteiger partial charge in [-0.25, -0.2) is 0 Å². The average molecular weight is 327 g/mol. The first-order valence-corrected chi connectivity index (χ1v) is 7.74. The summed E-state index contributed by atoms with van der Waals surface area (Å²) in [6.45, 7) is 2.49. The summed E-state index contributed by atoms with van der Waals surface area (Å²) in [5, 5.41) is 6.15. The van der Waals surface area contributed by atoms with E-state index in [1.807, 2.05) is 6.07 Å². The third kappa shape index (κ3) is 5.95. The molecule has 0 unspecified atom stereocenters. The molecule has 0 spiro atoms. The van der Waals surface area contributed by atoms with E-state index >= 15 is 0 Å². The van der Waals surface area contributed by atoms with Gasteiger partial charge in [0.15, 0.2) is 0 Å². The van der Waals surface area contributed by atoms with E-state index in [0.717, 1.165) is 13.0 Å². The van der Waals surface area contributed by atoms with Crippen LogP contribution in [0.3, 0.4) is 0 Å². The molecule has 0 saturated heterocycles. The highest BCUT2D eigenvalue weighted by Crippen LogP contribution is 2.43. The number of carbonyl (C=O) groups excluding carboxylic acids is 1. The first kappa shape index (κ1) is 18.9. The molecule has 1 amide bonds. The minimum atomic E-state index is 0. The van der Waals surface area contributed by atoms with Gasteiger partial charge in [-0.05, 0) is 30.2 Å². The number of hydrogen-bond donors (Lipinski definition) is 2. The summed E-state index contributed by atoms with van der Waals surface area (Å²) in [6, 6.07) is 10.6. The molecule has 0 heterocycles. The summed E-state index contributed by atoms with van der Waals surface area (Å²) in [7, 11) is 1.66. The van der Waals surface area contributed by atoms with Crippen molar-refractivity contribution < 1.29 is 9.53 Å². The Bertz CT molecular complexity index is 436. The van der Waals surface area contributed by atoms with Gasteiger partial charge in [0, 0.05) is 20.2 Å². The highest BCUT2D eigenvalue weighted by Gasteiger charge is 2.37. The van der Waals surface area contributed by atoms with Crippen molar-refractivity contribution in [3.05, 3.63) is 35.9 Å². The van der Waals surface area contributed by atoms with Gasteiger partial charge in [0.05, 0.1) is 13.2 Å². The van der Waals surface area contributed by atoms with Gasteiger partial charge in [-0.15, -0.1) is 12.4 Å². The lowest BCUT2D eigenvalue weighted by atomic mass is 9.65. The first-order valence-electron chi connectivity index (χ1n) is 7.74. The summed E-state index contributed by atoms with van der Waals surface area (Å²) < 4.78 is 4.94. The lowest BCUT2D eigenvalue weighted by Crippen LogP contribution is -2.46. The average Bonchev–Trinajstić information content (AvgIpc) is 2.47. The van der Waals surface area contributed by atoms with Crippen LogP contribution in [-0.2, 0) is 16.0 Å². The summed E-state index contributed by atoms with van der Waals surface area (Å²) in [4.78, 5) is 11.8. The van der Waals surface area contributed by atoms with Crippen LogP contribution >= 0.6 is 12.4 Å². The molecule has 1 aromatic rings. The standard InChI is InChI=1S/C17H26N2O2.ClH/c1-21-11-10-18-13-16(20)19-14-17(8-5-9-17)12-15-6-3-2-4-7-15;/h2-4,6-7,18H,5,8-14H2,1H3,(H,19,20);1H. The Morgan fingerprint density at radius 1 is 1.27 bits per heavy atom. The van der Waals surface area contributed by atoms with Crippen molar-refractivity contribution in [2.45, 2.75) is 25.7 Å². The van der Waals surface area contributed by atoms with Crippen LogP contribution < -0.4 is 10.6 Å². The van der Waals surface area contributed by atoms with E-state index in [1.165, 1.54) is 24.8 Å². The van der Waals surface area contributed by atoms with Gasteiger partial charge >= 0.3 is 0 Å². The monoisotopic (exact) mass is 326 g/mol. The smallest absolute Gasteiger partial charge is 0.233 e. The number of nitrogens with one attached hydrogen (secondary N) is 2. The second-order valence-corrected chi connectivity index (χ2v) is 5.96. The Morgan fingerprint density at radius 2 is 2.00 bits per heavy atom. The Kier molecular flexibility index (Phi) is 8.46. The number of methoxy groups -OCH3 is 1. The fourth-order valence-corrected chi connectivity index (χ4v) is 2.85. The zero-order chi connectivity index (χ0) is 15.0. The molecule has 2 rings (SSSR count). The molecule has 0 aromatic heterocycles. The van der Waals surface area contributed by atoms with Gasteiger partial charge < -0.3 is 15.4 Å². The Balaban J connectivity index is 0.00000242. The van der Waals surface area contributed by atoms with E-state index in [2.05, 4.69) is 34.9 Å². The maximum atomic E-state index is 11.8. The van der Waals surface area contributed by atoms with Gasteiger partial charge in [-0.2, -0.15) is 0 Å². The summed E-state index contributed by atoms with van der Waals surface area (Å²) in [6.07, 6.45) is 4.75. The van der Waals surface area contributed by atoms with E-state index in [-0.39, 0.29) is 23.7 Å². The van der Waals surface area contributed by atoms with Crippen LogP contribution in [0.5, 0.6) is 0 Å². The van der Waals surface area contributed by atoms with Gasteiger partial charge in [-0.3, -0.25) is 4.79 Å². The van der Waals surface area contributed by atoms with E-state index in [1.54, 1.807) is 7.11 Å². The molecular weight excluding hydrogens is 300 g/mol. The Hall–Kier alpha value is -1.10. The van der Waals surface area contributed by atoms with E-state index < -0.39 is 0 Å². The molecule has 0 atom stereocenters. The molecule has 0 aliphatic heterocycles. The van der Waals surface area contributed by atoms with Crippen LogP contribution in [0, 0.1) is 5.41 Å². The second kappa shape index (κ2) is 9.82. The molecule has 1 saturated carbocycles. The van der Waals surface area contributed by atoms with Crippen molar-refractivity contribution in [1.82, 2.24) is 10.6 Å². The van der Waals surface area contributed by atoms with Gasteiger partial charge in [0.1, 0.15) is 0 Å². The van der Waals surface area contributed by atoms with Crippen molar-refractivity contribution in [3.63, 3.8) is 0 Å². The van der Waals surface area contributed by atoms with Gasteiger partial charge in [0.25, 0.3) is 0 Å². The number of benzene rings is 1. The van der Waals surface area contributed by atoms with Crippen molar-refractivity contribution in [2.24, 2.45) is 5.41 Å². The topological polar surface area (TPSA) is 50.4 Å². The predicted octanol–water partition coefficient (Wildman–Crippen LogP) is 2.17. The SMILES string of the molecule is COCCNCC(=O)NCC1(Cc2ccccc2)CCC1.Cl. The number of ether oxygens (including phenoxy) is 1. The number of carbonyl (C=O) groups is 1. The van der Waals surface area contributed by atoms with Gasteiger partial charge in [0.2, 0.25) is 5.91 Å². The number of rotatable bonds is 9. The molecule has 0 bridgehead atoms. The molecule has 1 fully saturated rings. The lowest BCUT2D eigenvalue weighted by Gasteiger charge is -2.42. The molecule has 2 N–H and O–H groups in total. The number of amides is 1. The first-order chi connectivity index (χ1) is 10.2. The van der Waals surface area contributed by atoms with Gasteiger partial charge in [-0.1, -0.05) is 36.8 Å². The molecule has 4 nitrogen and oxygen atoms in total. The van der Waals surface area contributed by atoms with Crippen molar-refractivity contribution >= 4 is 18.3 Å². The summed E-state index contributed by atoms with van der Waals surface area (Å²) >= 11 is 0. The van der Waals surface area contributed by atoms with E-state index in [0.29, 0.717) is 19.7 Å². The lowest BCUT2D eigenvalue weighted by molar-refractivity contribution is -0.121. The number of halogens is 1. The minimum Gasteiger partial charge on any atom is -0.383 e. The van der Waals surface area contributed by atoms with Crippen LogP contribution in [0.25, 0.3) is 0 Å². The fraction of sp³-hybridized carbons (Fsp3) is 0.588. The van der Waals surface area contributed by atoms with E-state index in [4.69, 9.17) is 4.74 Å². The van der Waals surface area contributed by atoms with E-state index in [9.17, 15) is 4.79 Å². The fourth-order valence-electron chi connectivity index (χ4n) is 2.85. The zero-order valence-electron chi connectivity index (χ0n) is 13.3. The molecule has 1 aromatic carbocycles. The third-order valence-corrected chi connectivity index (χ3v) is 4.27. The highest BCUT2D eigenvalue weighted by atomic mass is 35.5. The van der Waals surface area contributed by atoms with Crippen LogP contribution in [0.15, 0.2) is 30.3 Å². The maximum absolute atomic E-state index is 11.8. The molecule has 1 aliphatic carbocycles. The molecule has 1 aliphatic rings. The predicted molar refractivity (Wildman–Crippen MR) is 91.4 cm³/mol. The highest BCUT2D eigenvalue weighted by molar-refractivity contribution is 5.85. The summed E-state index contributed by atoms with van der Waals surface area (Å²) in [5.74, 6) is 0.0745. The van der Waals surface area contributed by atoms with Crippen molar-refractivity contribution in [1.29, 1.82) is 0 Å². The number of hydrogen-bond acceptors (Lipinski definition) is 3. The molecular formula is C17H27ClN2O2. The maximum Gasteiger partial charge on any atom is 0.233 e. The third-order valence-electron chi connectivity index (χ3n) is 4.27. The van der Waals surface area contributed by atoms with Crippen LogP contribution in [0.2, 0.25) is 0 Å². The Labute approximate surface area is 139 Å². The second-order valence-electron chi connectivity index (χ2n) is 5.96. The summed E-state index contributed by atoms with van der Waals surface area (Å²) in [5.41, 5.74) is 1.63.